The van der Waals surface area contributed by atoms with Crippen molar-refractivity contribution in [2.45, 2.75) is 9.79 Å². The summed E-state index contributed by atoms with van der Waals surface area (Å²) in [7, 11) is 0. The van der Waals surface area contributed by atoms with Crippen LogP contribution in [-0.2, 0) is 4.74 Å². The highest BCUT2D eigenvalue weighted by molar-refractivity contribution is 7.99. The number of amidine groups is 1. The third-order valence-electron chi connectivity index (χ3n) is 5.78. The monoisotopic (exact) mass is 511 g/mol. The van der Waals surface area contributed by atoms with Crippen LogP contribution in [0.15, 0.2) is 14.8 Å². The number of phenols is 8. The Morgan fingerprint density at radius 2 is 1.26 bits per heavy atom. The van der Waals surface area contributed by atoms with Crippen molar-refractivity contribution >= 4 is 23.3 Å². The summed E-state index contributed by atoms with van der Waals surface area (Å²) in [5.74, 6) is -7.31. The van der Waals surface area contributed by atoms with Crippen molar-refractivity contribution in [1.82, 2.24) is 9.80 Å². The van der Waals surface area contributed by atoms with E-state index in [0.717, 1.165) is 0 Å². The highest BCUT2D eigenvalue weighted by Crippen LogP contribution is 2.61. The minimum atomic E-state index is -1.02. The molecule has 0 atom stereocenters. The molecule has 0 radical (unpaired) electrons. The summed E-state index contributed by atoms with van der Waals surface area (Å²) in [5.41, 5.74) is -0.511. The lowest BCUT2D eigenvalue weighted by molar-refractivity contribution is 0.0652. The normalized spacial score (nSPS) is 15.9. The first-order valence-corrected chi connectivity index (χ1v) is 11.4. The molecule has 1 saturated heterocycles. The van der Waals surface area contributed by atoms with Gasteiger partial charge in [-0.15, -0.1) is 0 Å². The van der Waals surface area contributed by atoms with Gasteiger partial charge >= 0.3 is 0 Å². The Hall–Kier alpha value is -3.46. The van der Waals surface area contributed by atoms with Crippen molar-refractivity contribution in [2.24, 2.45) is 4.99 Å². The minimum Gasteiger partial charge on any atom is -0.504 e. The largest absolute Gasteiger partial charge is 0.504 e. The van der Waals surface area contributed by atoms with Gasteiger partial charge in [-0.3, -0.25) is 4.90 Å². The van der Waals surface area contributed by atoms with Crippen molar-refractivity contribution in [2.75, 3.05) is 52.5 Å². The highest BCUT2D eigenvalue weighted by atomic mass is 32.2. The number of benzene rings is 2. The molecule has 1 fully saturated rings. The lowest BCUT2D eigenvalue weighted by Crippen LogP contribution is -2.49. The van der Waals surface area contributed by atoms with Crippen LogP contribution in [0.2, 0.25) is 0 Å². The number of fused-ring (bicyclic) bond motifs is 2. The van der Waals surface area contributed by atoms with Crippen LogP contribution in [-0.4, -0.2) is 114 Å². The smallest absolute Gasteiger partial charge is 0.206 e. The Kier molecular flexibility index (Phi) is 6.80. The van der Waals surface area contributed by atoms with Gasteiger partial charge in [-0.2, -0.15) is 0 Å². The van der Waals surface area contributed by atoms with Gasteiger partial charge in [0, 0.05) is 32.7 Å². The van der Waals surface area contributed by atoms with Crippen LogP contribution in [0, 0.1) is 0 Å². The molecule has 2 aliphatic rings. The van der Waals surface area contributed by atoms with Gasteiger partial charge in [-0.05, 0) is 0 Å². The van der Waals surface area contributed by atoms with Crippen molar-refractivity contribution in [3.8, 4) is 46.0 Å². The lowest BCUT2D eigenvalue weighted by Gasteiger charge is -2.36. The summed E-state index contributed by atoms with van der Waals surface area (Å²) in [6.07, 6.45) is 0. The predicted molar refractivity (Wildman–Crippen MR) is 122 cm³/mol. The maximum Gasteiger partial charge on any atom is 0.206 e. The van der Waals surface area contributed by atoms with Gasteiger partial charge in [-0.1, -0.05) is 11.8 Å². The lowest BCUT2D eigenvalue weighted by atomic mass is 10.1. The first kappa shape index (κ1) is 24.7. The first-order valence-electron chi connectivity index (χ1n) is 10.6. The van der Waals surface area contributed by atoms with Gasteiger partial charge in [0.1, 0.15) is 11.5 Å². The maximum absolute atomic E-state index is 10.7. The number of hydrogen-bond acceptors (Lipinski definition) is 14. The topological polar surface area (TPSA) is 210 Å². The molecule has 9 N–H and O–H groups in total. The molecule has 0 aliphatic carbocycles. The Morgan fingerprint density at radius 1 is 0.686 bits per heavy atom. The molecule has 0 amide bonds. The minimum absolute atomic E-state index is 0.00896. The van der Waals surface area contributed by atoms with Gasteiger partial charge in [0.25, 0.3) is 0 Å². The number of rotatable bonds is 5. The van der Waals surface area contributed by atoms with Crippen molar-refractivity contribution < 1.29 is 50.7 Å². The van der Waals surface area contributed by atoms with Crippen LogP contribution in [0.3, 0.4) is 0 Å². The number of aliphatic imine (C=N–C) groups is 1. The van der Waals surface area contributed by atoms with E-state index in [0.29, 0.717) is 51.1 Å². The second kappa shape index (κ2) is 9.65. The molecular formula is C21H25N3O10S. The van der Waals surface area contributed by atoms with Crippen molar-refractivity contribution in [1.29, 1.82) is 0 Å². The molecule has 0 aromatic heterocycles. The predicted octanol–water partition coefficient (Wildman–Crippen LogP) is 0.501. The SMILES string of the molecule is OCCOCCN1CCN(C2=Nc3c(O)c(O)c(O)c(O)c3Sc3c(O)c(O)c(O)c(O)c32)CC1. The molecule has 0 saturated carbocycles. The molecule has 2 aromatic carbocycles. The molecule has 0 spiro atoms. The number of piperazine rings is 1. The summed E-state index contributed by atoms with van der Waals surface area (Å²) < 4.78 is 5.29. The number of aliphatic hydroxyl groups excluding tert-OH is 1. The second-order valence-corrected chi connectivity index (χ2v) is 8.89. The third-order valence-corrected chi connectivity index (χ3v) is 6.98. The summed E-state index contributed by atoms with van der Waals surface area (Å²) in [5, 5.41) is 91.3. The van der Waals surface area contributed by atoms with E-state index in [4.69, 9.17) is 9.84 Å². The average molecular weight is 512 g/mol. The third kappa shape index (κ3) is 4.25. The highest BCUT2D eigenvalue weighted by Gasteiger charge is 2.36. The van der Waals surface area contributed by atoms with Crippen LogP contribution in [0.25, 0.3) is 0 Å². The fourth-order valence-corrected chi connectivity index (χ4v) is 5.00. The van der Waals surface area contributed by atoms with E-state index in [1.54, 1.807) is 4.90 Å². The maximum atomic E-state index is 10.7. The van der Waals surface area contributed by atoms with Gasteiger partial charge in [0.2, 0.25) is 23.0 Å². The molecular weight excluding hydrogens is 486 g/mol. The van der Waals surface area contributed by atoms with Crippen LogP contribution in [0.4, 0.5) is 5.69 Å². The summed E-state index contributed by atoms with van der Waals surface area (Å²) in [4.78, 5) is 7.70. The van der Waals surface area contributed by atoms with Crippen LogP contribution >= 0.6 is 11.8 Å². The molecule has 0 bridgehead atoms. The van der Waals surface area contributed by atoms with Gasteiger partial charge in [0.15, 0.2) is 23.0 Å². The van der Waals surface area contributed by atoms with E-state index >= 15 is 0 Å². The van der Waals surface area contributed by atoms with Gasteiger partial charge < -0.3 is 55.6 Å². The van der Waals surface area contributed by atoms with Crippen LogP contribution in [0.1, 0.15) is 5.56 Å². The zero-order valence-electron chi connectivity index (χ0n) is 18.3. The van der Waals surface area contributed by atoms with Crippen molar-refractivity contribution in [3.05, 3.63) is 5.56 Å². The fourth-order valence-electron chi connectivity index (χ4n) is 3.88. The number of hydrogen-bond donors (Lipinski definition) is 9. The van der Waals surface area contributed by atoms with E-state index in [1.165, 1.54) is 0 Å². The van der Waals surface area contributed by atoms with Crippen LogP contribution in [0.5, 0.6) is 46.0 Å². The number of nitrogens with zero attached hydrogens (tertiary/aromatic N) is 3. The zero-order chi connectivity index (χ0) is 25.4. The van der Waals surface area contributed by atoms with Gasteiger partial charge in [0.05, 0.1) is 35.2 Å². The summed E-state index contributed by atoms with van der Waals surface area (Å²) in [6, 6.07) is 0. The molecule has 35 heavy (non-hydrogen) atoms. The standard InChI is InChI=1S/C21H25N3O10S/c25-6-8-34-7-5-23-1-3-24(4-2-23)21-9-11(26)13(28)15(30)17(32)19(9)35-20-10(22-21)12(27)14(29)16(31)18(20)33/h25-33H,1-8H2. The van der Waals surface area contributed by atoms with E-state index in [9.17, 15) is 40.9 Å². The Morgan fingerprint density at radius 3 is 1.89 bits per heavy atom. The summed E-state index contributed by atoms with van der Waals surface area (Å²) >= 11 is 0.564. The zero-order valence-corrected chi connectivity index (χ0v) is 19.2. The molecule has 190 valence electrons. The molecule has 2 aliphatic heterocycles. The number of ether oxygens (including phenoxy) is 1. The van der Waals surface area contributed by atoms with E-state index in [2.05, 4.69) is 9.89 Å². The first-order chi connectivity index (χ1) is 16.7. The van der Waals surface area contributed by atoms with Crippen molar-refractivity contribution in [3.63, 3.8) is 0 Å². The average Bonchev–Trinajstić information content (AvgIpc) is 3.04. The molecule has 0 unspecified atom stereocenters. The van der Waals surface area contributed by atoms with E-state index < -0.39 is 46.0 Å². The van der Waals surface area contributed by atoms with Crippen LogP contribution < -0.4 is 0 Å². The Bertz CT molecular complexity index is 1180. The number of phenolic OH excluding ortho intramolecular Hbond substituents is 8. The summed E-state index contributed by atoms with van der Waals surface area (Å²) in [6.45, 7) is 2.99. The molecule has 2 aromatic rings. The molecule has 2 heterocycles. The quantitative estimate of drug-likeness (QED) is 0.152. The van der Waals surface area contributed by atoms with E-state index in [1.807, 2.05) is 0 Å². The fraction of sp³-hybridized carbons (Fsp3) is 0.381. The van der Waals surface area contributed by atoms with Gasteiger partial charge in [-0.25, -0.2) is 4.99 Å². The molecule has 14 heteroatoms. The van der Waals surface area contributed by atoms with E-state index in [-0.39, 0.29) is 40.1 Å². The Labute approximate surface area is 203 Å². The second-order valence-electron chi connectivity index (χ2n) is 7.87. The Balaban J connectivity index is 1.79. The number of aliphatic hydroxyl groups is 1. The molecule has 13 nitrogen and oxygen atoms in total. The molecule has 4 rings (SSSR count). The number of aromatic hydroxyl groups is 8.